The van der Waals surface area contributed by atoms with E-state index in [9.17, 15) is 4.39 Å². The van der Waals surface area contributed by atoms with Crippen molar-refractivity contribution in [2.24, 2.45) is 4.99 Å². The maximum Gasteiger partial charge on any atom is 0.181 e. The number of hydrogen-bond donors (Lipinski definition) is 1. The Bertz CT molecular complexity index is 1520. The second-order valence-corrected chi connectivity index (χ2v) is 10.1. The van der Waals surface area contributed by atoms with E-state index in [1.54, 1.807) is 6.21 Å². The number of anilines is 1. The van der Waals surface area contributed by atoms with Gasteiger partial charge in [0.1, 0.15) is 18.2 Å². The number of halogens is 1. The third kappa shape index (κ3) is 5.42. The Morgan fingerprint density at radius 3 is 2.70 bits per heavy atom. The molecule has 0 bridgehead atoms. The number of ether oxygens (including phenoxy) is 1. The Hall–Kier alpha value is -3.97. The van der Waals surface area contributed by atoms with Crippen LogP contribution in [-0.2, 0) is 13.0 Å². The monoisotopic (exact) mass is 512 g/mol. The molecule has 188 valence electrons. The summed E-state index contributed by atoms with van der Waals surface area (Å²) >= 11 is 1.49. The van der Waals surface area contributed by atoms with E-state index in [-0.39, 0.29) is 5.82 Å². The molecular formula is C30H29FN4OS. The molecule has 7 heteroatoms. The predicted molar refractivity (Wildman–Crippen MR) is 151 cm³/mol. The number of nitrogen functional groups attached to an aromatic ring is 1. The Kier molecular flexibility index (Phi) is 7.06. The van der Waals surface area contributed by atoms with E-state index >= 15 is 0 Å². The Morgan fingerprint density at radius 2 is 1.92 bits per heavy atom. The molecule has 0 saturated carbocycles. The summed E-state index contributed by atoms with van der Waals surface area (Å²) in [5.41, 5.74) is 14.0. The van der Waals surface area contributed by atoms with Crippen LogP contribution in [0.4, 0.5) is 9.52 Å². The minimum Gasteiger partial charge on any atom is -0.491 e. The molecule has 0 spiro atoms. The smallest absolute Gasteiger partial charge is 0.181 e. The first-order valence-electron chi connectivity index (χ1n) is 12.2. The molecule has 0 fully saturated rings. The van der Waals surface area contributed by atoms with Crippen molar-refractivity contribution in [2.75, 3.05) is 18.9 Å². The molecule has 3 aromatic carbocycles. The lowest BCUT2D eigenvalue weighted by Gasteiger charge is -2.27. The van der Waals surface area contributed by atoms with Crippen molar-refractivity contribution in [3.8, 4) is 16.9 Å². The van der Waals surface area contributed by atoms with E-state index in [1.165, 1.54) is 23.5 Å². The first kappa shape index (κ1) is 24.7. The fourth-order valence-electron chi connectivity index (χ4n) is 4.63. The fraction of sp³-hybridized carbons (Fsp3) is 0.200. The topological polar surface area (TPSA) is 63.7 Å². The first-order chi connectivity index (χ1) is 17.9. The van der Waals surface area contributed by atoms with E-state index in [0.717, 1.165) is 55.2 Å². The van der Waals surface area contributed by atoms with Crippen LogP contribution in [0.15, 0.2) is 89.2 Å². The van der Waals surface area contributed by atoms with E-state index in [0.29, 0.717) is 31.2 Å². The lowest BCUT2D eigenvalue weighted by atomic mass is 9.99. The molecule has 0 aliphatic carbocycles. The number of fused-ring (bicyclic) bond motifs is 2. The molecule has 37 heavy (non-hydrogen) atoms. The molecule has 5 nitrogen and oxygen atoms in total. The number of allylic oxidation sites excluding steroid dienone is 2. The molecule has 0 atom stereocenters. The summed E-state index contributed by atoms with van der Waals surface area (Å²) < 4.78 is 20.7. The highest BCUT2D eigenvalue weighted by molar-refractivity contribution is 7.22. The molecule has 2 heterocycles. The van der Waals surface area contributed by atoms with E-state index in [2.05, 4.69) is 45.7 Å². The van der Waals surface area contributed by atoms with Crippen molar-refractivity contribution in [2.45, 2.75) is 26.8 Å². The highest BCUT2D eigenvalue weighted by Gasteiger charge is 2.21. The number of hydrogen-bond acceptors (Lipinski definition) is 6. The summed E-state index contributed by atoms with van der Waals surface area (Å²) in [5, 5.41) is 0.573. The van der Waals surface area contributed by atoms with Gasteiger partial charge in [-0.15, -0.1) is 0 Å². The number of aromatic nitrogens is 1. The Balaban J connectivity index is 1.44. The van der Waals surface area contributed by atoms with Gasteiger partial charge in [-0.2, -0.15) is 0 Å². The maximum absolute atomic E-state index is 13.5. The Labute approximate surface area is 220 Å². The summed E-state index contributed by atoms with van der Waals surface area (Å²) in [6.45, 7) is 10.3. The van der Waals surface area contributed by atoms with Gasteiger partial charge in [-0.25, -0.2) is 9.37 Å². The van der Waals surface area contributed by atoms with Gasteiger partial charge < -0.3 is 15.4 Å². The molecular weight excluding hydrogens is 483 g/mol. The lowest BCUT2D eigenvalue weighted by molar-refractivity contribution is 0.266. The molecule has 0 saturated heterocycles. The van der Waals surface area contributed by atoms with Gasteiger partial charge in [-0.05, 0) is 66.9 Å². The average Bonchev–Trinajstić information content (AvgIpc) is 3.13. The summed E-state index contributed by atoms with van der Waals surface area (Å²) in [6.07, 6.45) is 2.40. The van der Waals surface area contributed by atoms with Crippen LogP contribution in [0.2, 0.25) is 0 Å². The molecule has 2 N–H and O–H groups in total. The van der Waals surface area contributed by atoms with Crippen molar-refractivity contribution in [1.82, 2.24) is 9.88 Å². The van der Waals surface area contributed by atoms with Gasteiger partial charge in [0.2, 0.25) is 0 Å². The number of benzene rings is 3. The standard InChI is InChI=1S/C30H29FN4OS/c1-4-33-19(2)26(15-21-5-9-25(31)10-6-21)20(3)35-13-14-36-28-12-8-22(16-24(28)18-35)23-7-11-27-29(17-23)37-30(32)34-27/h4-12,16-17H,3,13-15,18H2,1-2H3,(H2,32,34)/b26-19-,33-4?. The number of aliphatic imine (C=N–C) groups is 1. The molecule has 0 radical (unpaired) electrons. The zero-order valence-electron chi connectivity index (χ0n) is 21.0. The van der Waals surface area contributed by atoms with Crippen LogP contribution in [0.25, 0.3) is 21.3 Å². The molecule has 0 amide bonds. The van der Waals surface area contributed by atoms with E-state index in [1.807, 2.05) is 38.1 Å². The van der Waals surface area contributed by atoms with Crippen LogP contribution in [0.3, 0.4) is 0 Å². The largest absolute Gasteiger partial charge is 0.491 e. The minimum absolute atomic E-state index is 0.244. The summed E-state index contributed by atoms with van der Waals surface area (Å²) in [7, 11) is 0. The number of nitrogens with zero attached hydrogens (tertiary/aromatic N) is 3. The SMILES string of the molecule is C=C(/C(Cc1ccc(F)cc1)=C(/C)N=CC)N1CCOc2ccc(-c3ccc4nc(N)sc4c3)cc2C1. The summed E-state index contributed by atoms with van der Waals surface area (Å²) in [6, 6.07) is 19.1. The second-order valence-electron chi connectivity index (χ2n) is 9.03. The average molecular weight is 513 g/mol. The van der Waals surface area contributed by atoms with Gasteiger partial charge in [0.05, 0.1) is 16.8 Å². The van der Waals surface area contributed by atoms with Crippen LogP contribution >= 0.6 is 11.3 Å². The summed E-state index contributed by atoms with van der Waals surface area (Å²) in [5.74, 6) is 0.640. The van der Waals surface area contributed by atoms with Gasteiger partial charge in [-0.1, -0.05) is 42.2 Å². The second kappa shape index (κ2) is 10.6. The number of rotatable bonds is 6. The van der Waals surface area contributed by atoms with Gasteiger partial charge in [-0.3, -0.25) is 4.99 Å². The highest BCUT2D eigenvalue weighted by Crippen LogP contribution is 2.34. The lowest BCUT2D eigenvalue weighted by Crippen LogP contribution is -2.26. The minimum atomic E-state index is -0.244. The number of nitrogens with two attached hydrogens (primary N) is 1. The van der Waals surface area contributed by atoms with Gasteiger partial charge >= 0.3 is 0 Å². The van der Waals surface area contributed by atoms with E-state index in [4.69, 9.17) is 10.5 Å². The first-order valence-corrected chi connectivity index (χ1v) is 13.0. The van der Waals surface area contributed by atoms with Crippen molar-refractivity contribution >= 4 is 32.9 Å². The van der Waals surface area contributed by atoms with E-state index < -0.39 is 0 Å². The molecule has 5 rings (SSSR count). The third-order valence-corrected chi connectivity index (χ3v) is 7.41. The zero-order chi connectivity index (χ0) is 25.9. The van der Waals surface area contributed by atoms with Gasteiger partial charge in [0.25, 0.3) is 0 Å². The molecule has 0 unspecified atom stereocenters. The van der Waals surface area contributed by atoms with Gasteiger partial charge in [0.15, 0.2) is 5.13 Å². The highest BCUT2D eigenvalue weighted by atomic mass is 32.1. The third-order valence-electron chi connectivity index (χ3n) is 6.56. The predicted octanol–water partition coefficient (Wildman–Crippen LogP) is 7.00. The van der Waals surface area contributed by atoms with Crippen molar-refractivity contribution in [3.05, 3.63) is 101 Å². The fourth-order valence-corrected chi connectivity index (χ4v) is 5.41. The quantitative estimate of drug-likeness (QED) is 0.223. The van der Waals surface area contributed by atoms with Crippen LogP contribution in [-0.4, -0.2) is 29.3 Å². The normalized spacial score (nSPS) is 14.3. The van der Waals surface area contributed by atoms with Crippen LogP contribution < -0.4 is 10.5 Å². The summed E-state index contributed by atoms with van der Waals surface area (Å²) in [4.78, 5) is 11.2. The molecule has 1 aromatic heterocycles. The molecule has 1 aliphatic heterocycles. The van der Waals surface area contributed by atoms with Crippen molar-refractivity contribution in [1.29, 1.82) is 0 Å². The Morgan fingerprint density at radius 1 is 1.16 bits per heavy atom. The number of thiazole rings is 1. The van der Waals surface area contributed by atoms with Crippen LogP contribution in [0.1, 0.15) is 25.0 Å². The van der Waals surface area contributed by atoms with Gasteiger partial charge in [0, 0.05) is 41.7 Å². The van der Waals surface area contributed by atoms with Crippen molar-refractivity contribution in [3.63, 3.8) is 0 Å². The molecule has 1 aliphatic rings. The maximum atomic E-state index is 13.5. The molecule has 4 aromatic rings. The van der Waals surface area contributed by atoms with Crippen LogP contribution in [0, 0.1) is 5.82 Å². The van der Waals surface area contributed by atoms with Crippen molar-refractivity contribution < 1.29 is 9.13 Å². The van der Waals surface area contributed by atoms with Crippen LogP contribution in [0.5, 0.6) is 5.75 Å². The zero-order valence-corrected chi connectivity index (χ0v) is 21.8.